The molecular weight excluding hydrogens is 340 g/mol. The summed E-state index contributed by atoms with van der Waals surface area (Å²) in [6, 6.07) is 11.8. The first kappa shape index (κ1) is 17.5. The normalized spacial score (nSPS) is 16.8. The largest absolute Gasteiger partial charge is 0.497 e. The molecule has 0 aliphatic carbocycles. The van der Waals surface area contributed by atoms with Gasteiger partial charge in [-0.25, -0.2) is 9.97 Å². The number of fused-ring (bicyclic) bond motifs is 1. The molecule has 0 spiro atoms. The van der Waals surface area contributed by atoms with Crippen LogP contribution in [0.25, 0.3) is 11.2 Å². The monoisotopic (exact) mass is 364 g/mol. The van der Waals surface area contributed by atoms with Gasteiger partial charge in [-0.05, 0) is 42.7 Å². The first-order valence-corrected chi connectivity index (χ1v) is 9.33. The van der Waals surface area contributed by atoms with E-state index in [1.54, 1.807) is 13.3 Å². The van der Waals surface area contributed by atoms with Gasteiger partial charge in [0.2, 0.25) is 5.91 Å². The highest BCUT2D eigenvalue weighted by Gasteiger charge is 2.30. The van der Waals surface area contributed by atoms with Crippen molar-refractivity contribution in [2.24, 2.45) is 7.05 Å². The van der Waals surface area contributed by atoms with Gasteiger partial charge in [-0.3, -0.25) is 4.79 Å². The lowest BCUT2D eigenvalue weighted by Gasteiger charge is -2.16. The number of benzene rings is 1. The van der Waals surface area contributed by atoms with Crippen molar-refractivity contribution in [3.8, 4) is 5.75 Å². The molecule has 0 N–H and O–H groups in total. The molecule has 0 bridgehead atoms. The average molecular weight is 364 g/mol. The summed E-state index contributed by atoms with van der Waals surface area (Å²) < 4.78 is 7.23. The summed E-state index contributed by atoms with van der Waals surface area (Å²) in [5.41, 5.74) is 2.97. The molecule has 6 heteroatoms. The fourth-order valence-electron chi connectivity index (χ4n) is 3.81. The first-order chi connectivity index (χ1) is 13.2. The highest BCUT2D eigenvalue weighted by Crippen LogP contribution is 2.28. The van der Waals surface area contributed by atoms with E-state index in [1.165, 1.54) is 0 Å². The van der Waals surface area contributed by atoms with Crippen molar-refractivity contribution in [3.05, 3.63) is 54.0 Å². The lowest BCUT2D eigenvalue weighted by molar-refractivity contribution is -0.130. The molecule has 1 saturated heterocycles. The number of carbonyl (C=O) groups is 1. The summed E-state index contributed by atoms with van der Waals surface area (Å²) in [5, 5.41) is 0. The minimum absolute atomic E-state index is 0.213. The zero-order valence-corrected chi connectivity index (χ0v) is 15.8. The predicted octanol–water partition coefficient (Wildman–Crippen LogP) is 2.93. The van der Waals surface area contributed by atoms with E-state index in [9.17, 15) is 4.79 Å². The van der Waals surface area contributed by atoms with E-state index < -0.39 is 0 Å². The Hall–Kier alpha value is -2.89. The van der Waals surface area contributed by atoms with E-state index in [1.807, 2.05) is 48.3 Å². The zero-order valence-electron chi connectivity index (χ0n) is 15.8. The average Bonchev–Trinajstić information content (AvgIpc) is 3.32. The number of hydrogen-bond donors (Lipinski definition) is 0. The van der Waals surface area contributed by atoms with Crippen LogP contribution in [-0.2, 0) is 18.3 Å². The lowest BCUT2D eigenvalue weighted by atomic mass is 10.1. The van der Waals surface area contributed by atoms with Gasteiger partial charge >= 0.3 is 0 Å². The van der Waals surface area contributed by atoms with Gasteiger partial charge in [-0.1, -0.05) is 12.1 Å². The fourth-order valence-corrected chi connectivity index (χ4v) is 3.81. The number of carbonyl (C=O) groups excluding carboxylic acids is 1. The smallest absolute Gasteiger partial charge is 0.222 e. The summed E-state index contributed by atoms with van der Waals surface area (Å²) in [5.74, 6) is 2.35. The second-order valence-corrected chi connectivity index (χ2v) is 7.05. The molecule has 140 valence electrons. The van der Waals surface area contributed by atoms with E-state index in [-0.39, 0.29) is 11.8 Å². The third kappa shape index (κ3) is 3.52. The van der Waals surface area contributed by atoms with Crippen LogP contribution in [0.2, 0.25) is 0 Å². The third-order valence-corrected chi connectivity index (χ3v) is 5.36. The molecule has 3 heterocycles. The summed E-state index contributed by atoms with van der Waals surface area (Å²) in [7, 11) is 3.66. The Morgan fingerprint density at radius 1 is 1.26 bits per heavy atom. The topological polar surface area (TPSA) is 60.2 Å². The van der Waals surface area contributed by atoms with Crippen molar-refractivity contribution in [2.45, 2.75) is 25.2 Å². The van der Waals surface area contributed by atoms with Crippen molar-refractivity contribution in [2.75, 3.05) is 20.2 Å². The van der Waals surface area contributed by atoms with Crippen molar-refractivity contribution < 1.29 is 9.53 Å². The molecule has 1 fully saturated rings. The van der Waals surface area contributed by atoms with E-state index in [4.69, 9.17) is 9.72 Å². The summed E-state index contributed by atoms with van der Waals surface area (Å²) in [4.78, 5) is 23.8. The quantitative estimate of drug-likeness (QED) is 0.698. The summed E-state index contributed by atoms with van der Waals surface area (Å²) in [6.45, 7) is 1.53. The second kappa shape index (κ2) is 7.39. The highest BCUT2D eigenvalue weighted by atomic mass is 16.5. The van der Waals surface area contributed by atoms with E-state index >= 15 is 0 Å². The van der Waals surface area contributed by atoms with Gasteiger partial charge in [0.15, 0.2) is 5.65 Å². The maximum atomic E-state index is 12.6. The van der Waals surface area contributed by atoms with Crippen LogP contribution in [0.4, 0.5) is 0 Å². The lowest BCUT2D eigenvalue weighted by Crippen LogP contribution is -2.28. The number of ether oxygens (including phenoxy) is 1. The molecular formula is C21H24N4O2. The number of pyridine rings is 1. The van der Waals surface area contributed by atoms with Gasteiger partial charge in [0.05, 0.1) is 7.11 Å². The van der Waals surface area contributed by atoms with Crippen LogP contribution < -0.4 is 4.74 Å². The molecule has 3 aromatic rings. The van der Waals surface area contributed by atoms with Gasteiger partial charge in [0.25, 0.3) is 0 Å². The Kier molecular flexibility index (Phi) is 4.79. The van der Waals surface area contributed by atoms with Crippen molar-refractivity contribution in [1.29, 1.82) is 0 Å². The maximum absolute atomic E-state index is 12.6. The standard InChI is InChI=1S/C21H24N4O2/c1-24-20(23-18-4-3-12-22-21(18)24)16-11-13-25(14-16)19(26)10-7-15-5-8-17(27-2)9-6-15/h3-6,8-9,12,16H,7,10-11,13-14H2,1-2H3/t16-/m0/s1. The molecule has 0 radical (unpaired) electrons. The molecule has 1 aliphatic rings. The molecule has 4 rings (SSSR count). The fraction of sp³-hybridized carbons (Fsp3) is 0.381. The SMILES string of the molecule is COc1ccc(CCC(=O)N2CC[C@H](c3nc4cccnc4n3C)C2)cc1. The number of rotatable bonds is 5. The first-order valence-electron chi connectivity index (χ1n) is 9.33. The number of amides is 1. The van der Waals surface area contributed by atoms with Gasteiger partial charge in [-0.15, -0.1) is 0 Å². The Bertz CT molecular complexity index is 948. The van der Waals surface area contributed by atoms with Crippen LogP contribution in [0.5, 0.6) is 5.75 Å². The van der Waals surface area contributed by atoms with Crippen molar-refractivity contribution >= 4 is 17.1 Å². The number of likely N-dealkylation sites (tertiary alicyclic amines) is 1. The van der Waals surface area contributed by atoms with E-state index in [0.717, 1.165) is 54.2 Å². The van der Waals surface area contributed by atoms with Gasteiger partial charge < -0.3 is 14.2 Å². The van der Waals surface area contributed by atoms with Gasteiger partial charge in [-0.2, -0.15) is 0 Å². The third-order valence-electron chi connectivity index (χ3n) is 5.36. The number of imidazole rings is 1. The van der Waals surface area contributed by atoms with Crippen LogP contribution >= 0.6 is 0 Å². The number of methoxy groups -OCH3 is 1. The van der Waals surface area contributed by atoms with Crippen LogP contribution in [0.15, 0.2) is 42.6 Å². The predicted molar refractivity (Wildman–Crippen MR) is 104 cm³/mol. The van der Waals surface area contributed by atoms with E-state index in [0.29, 0.717) is 6.42 Å². The Morgan fingerprint density at radius 3 is 2.81 bits per heavy atom. The Balaban J connectivity index is 1.38. The Morgan fingerprint density at radius 2 is 2.07 bits per heavy atom. The summed E-state index contributed by atoms with van der Waals surface area (Å²) >= 11 is 0. The molecule has 1 amide bonds. The second-order valence-electron chi connectivity index (χ2n) is 7.05. The molecule has 0 saturated carbocycles. The maximum Gasteiger partial charge on any atom is 0.222 e. The van der Waals surface area contributed by atoms with Gasteiger partial charge in [0, 0.05) is 38.7 Å². The zero-order chi connectivity index (χ0) is 18.8. The molecule has 1 aromatic carbocycles. The minimum Gasteiger partial charge on any atom is -0.497 e. The Labute approximate surface area is 158 Å². The van der Waals surface area contributed by atoms with Gasteiger partial charge in [0.1, 0.15) is 17.1 Å². The molecule has 0 unspecified atom stereocenters. The van der Waals surface area contributed by atoms with Crippen molar-refractivity contribution in [3.63, 3.8) is 0 Å². The number of hydrogen-bond acceptors (Lipinski definition) is 4. The summed E-state index contributed by atoms with van der Waals surface area (Å²) in [6.07, 6.45) is 4.02. The van der Waals surface area contributed by atoms with Crippen LogP contribution in [-0.4, -0.2) is 45.5 Å². The van der Waals surface area contributed by atoms with Crippen molar-refractivity contribution in [1.82, 2.24) is 19.4 Å². The molecule has 1 atom stereocenters. The van der Waals surface area contributed by atoms with Crippen LogP contribution in [0, 0.1) is 0 Å². The highest BCUT2D eigenvalue weighted by molar-refractivity contribution is 5.77. The number of nitrogens with zero attached hydrogens (tertiary/aromatic N) is 4. The van der Waals surface area contributed by atoms with Crippen LogP contribution in [0.3, 0.4) is 0 Å². The molecule has 6 nitrogen and oxygen atoms in total. The van der Waals surface area contributed by atoms with E-state index in [2.05, 4.69) is 9.55 Å². The number of aromatic nitrogens is 3. The minimum atomic E-state index is 0.213. The molecule has 27 heavy (non-hydrogen) atoms. The molecule has 2 aromatic heterocycles. The molecule has 1 aliphatic heterocycles. The van der Waals surface area contributed by atoms with Crippen LogP contribution in [0.1, 0.15) is 30.1 Å². The number of aryl methyl sites for hydroxylation is 2.